The Hall–Kier alpha value is 0.477. The van der Waals surface area contributed by atoms with E-state index in [2.05, 4.69) is 42.5 Å². The molecule has 0 N–H and O–H groups in total. The molecule has 1 aliphatic rings. The molecule has 0 radical (unpaired) electrons. The molecule has 1 rings (SSSR count). The third-order valence-corrected chi connectivity index (χ3v) is 13.3. The third-order valence-electron chi connectivity index (χ3n) is 3.11. The van der Waals surface area contributed by atoms with Crippen molar-refractivity contribution in [2.75, 3.05) is 11.5 Å². The van der Waals surface area contributed by atoms with Crippen LogP contribution in [0.15, 0.2) is 0 Å². The summed E-state index contributed by atoms with van der Waals surface area (Å²) in [7, 11) is -0.988. The van der Waals surface area contributed by atoms with Crippen molar-refractivity contribution in [3.8, 4) is 12.3 Å². The maximum absolute atomic E-state index is 5.27. The first-order valence-corrected chi connectivity index (χ1v) is 11.7. The van der Waals surface area contributed by atoms with Crippen molar-refractivity contribution in [1.82, 2.24) is 0 Å². The maximum atomic E-state index is 5.27. The van der Waals surface area contributed by atoms with Crippen LogP contribution in [-0.2, 0) is 0 Å². The summed E-state index contributed by atoms with van der Waals surface area (Å²) >= 11 is 4.46. The Kier molecular flexibility index (Phi) is 7.03. The number of unbranched alkanes of at least 4 members (excludes halogenated alkanes) is 3. The summed E-state index contributed by atoms with van der Waals surface area (Å²) in [5.74, 6) is 5.52. The van der Waals surface area contributed by atoms with Crippen molar-refractivity contribution < 1.29 is 0 Å². The minimum Gasteiger partial charge on any atom is -0.151 e. The number of hydrogen-bond donors (Lipinski definition) is 0. The number of thioether (sulfide) groups is 2. The van der Waals surface area contributed by atoms with Crippen LogP contribution >= 0.6 is 23.5 Å². The lowest BCUT2D eigenvalue weighted by atomic mass is 10.2. The Balaban J connectivity index is 2.19. The van der Waals surface area contributed by atoms with E-state index in [0.29, 0.717) is 0 Å². The molecule has 1 aliphatic heterocycles. The molecule has 0 aliphatic carbocycles. The van der Waals surface area contributed by atoms with Gasteiger partial charge in [0.1, 0.15) is 0 Å². The van der Waals surface area contributed by atoms with Crippen LogP contribution < -0.4 is 0 Å². The van der Waals surface area contributed by atoms with Crippen LogP contribution in [0.3, 0.4) is 0 Å². The molecule has 0 aromatic rings. The molecule has 0 spiro atoms. The van der Waals surface area contributed by atoms with Gasteiger partial charge in [0, 0.05) is 10.6 Å². The topological polar surface area (TPSA) is 0 Å². The second-order valence-corrected chi connectivity index (χ2v) is 13.8. The van der Waals surface area contributed by atoms with E-state index in [1.807, 2.05) is 0 Å². The fourth-order valence-corrected chi connectivity index (χ4v) is 10.7. The zero-order chi connectivity index (χ0) is 11.9. The molecular weight excluding hydrogens is 248 g/mol. The zero-order valence-corrected chi connectivity index (χ0v) is 13.3. The van der Waals surface area contributed by atoms with E-state index in [1.165, 1.54) is 43.2 Å². The van der Waals surface area contributed by atoms with Crippen LogP contribution in [0, 0.1) is 12.3 Å². The fourth-order valence-electron chi connectivity index (χ4n) is 2.04. The second-order valence-electron chi connectivity index (χ2n) is 5.18. The van der Waals surface area contributed by atoms with Crippen LogP contribution in [0.4, 0.5) is 0 Å². The van der Waals surface area contributed by atoms with Crippen LogP contribution in [-0.4, -0.2) is 23.8 Å². The van der Waals surface area contributed by atoms with Crippen molar-refractivity contribution >= 4 is 31.6 Å². The van der Waals surface area contributed by atoms with Crippen LogP contribution in [0.1, 0.15) is 32.1 Å². The molecule has 1 saturated heterocycles. The molecule has 0 saturated carbocycles. The normalized spacial score (nSPS) is 18.3. The third kappa shape index (κ3) is 5.20. The second kappa shape index (κ2) is 7.74. The van der Waals surface area contributed by atoms with Gasteiger partial charge in [-0.15, -0.1) is 12.3 Å². The molecule has 3 heteroatoms. The lowest BCUT2D eigenvalue weighted by molar-refractivity contribution is 0.730. The Morgan fingerprint density at radius 2 is 1.88 bits per heavy atom. The SMILES string of the molecule is C#CCCCCC[Si](C)(C)C1SCCCS1. The van der Waals surface area contributed by atoms with Gasteiger partial charge < -0.3 is 0 Å². The molecule has 0 nitrogen and oxygen atoms in total. The first-order valence-electron chi connectivity index (χ1n) is 6.33. The molecule has 0 atom stereocenters. The van der Waals surface area contributed by atoms with Crippen molar-refractivity contribution in [1.29, 1.82) is 0 Å². The molecular formula is C13H24S2Si. The van der Waals surface area contributed by atoms with E-state index >= 15 is 0 Å². The Labute approximate surface area is 111 Å². The van der Waals surface area contributed by atoms with Gasteiger partial charge in [0.05, 0.1) is 8.07 Å². The minimum atomic E-state index is -0.988. The van der Waals surface area contributed by atoms with Gasteiger partial charge in [0.15, 0.2) is 0 Å². The number of rotatable bonds is 6. The van der Waals surface area contributed by atoms with Gasteiger partial charge in [-0.05, 0) is 24.3 Å². The van der Waals surface area contributed by atoms with Gasteiger partial charge in [-0.25, -0.2) is 0 Å². The summed E-state index contributed by atoms with van der Waals surface area (Å²) in [5, 5.41) is 0. The molecule has 0 unspecified atom stereocenters. The highest BCUT2D eigenvalue weighted by atomic mass is 32.2. The van der Waals surface area contributed by atoms with Crippen molar-refractivity contribution in [2.45, 2.75) is 55.4 Å². The lowest BCUT2D eigenvalue weighted by Crippen LogP contribution is -2.38. The van der Waals surface area contributed by atoms with E-state index < -0.39 is 8.07 Å². The van der Waals surface area contributed by atoms with Gasteiger partial charge in [-0.3, -0.25) is 0 Å². The average molecular weight is 273 g/mol. The Morgan fingerprint density at radius 3 is 2.50 bits per heavy atom. The molecule has 0 bridgehead atoms. The quantitative estimate of drug-likeness (QED) is 0.393. The molecule has 1 fully saturated rings. The van der Waals surface area contributed by atoms with Crippen LogP contribution in [0.25, 0.3) is 0 Å². The summed E-state index contributed by atoms with van der Waals surface area (Å²) in [4.78, 5) is 0. The van der Waals surface area contributed by atoms with Crippen LogP contribution in [0.2, 0.25) is 19.1 Å². The monoisotopic (exact) mass is 272 g/mol. The van der Waals surface area contributed by atoms with Crippen molar-refractivity contribution in [3.63, 3.8) is 0 Å². The molecule has 0 aromatic carbocycles. The van der Waals surface area contributed by atoms with Gasteiger partial charge >= 0.3 is 0 Å². The summed E-state index contributed by atoms with van der Waals surface area (Å²) in [5.41, 5.74) is 0. The first-order chi connectivity index (χ1) is 7.67. The Bertz CT molecular complexity index is 227. The molecule has 16 heavy (non-hydrogen) atoms. The molecule has 92 valence electrons. The lowest BCUT2D eigenvalue weighted by Gasteiger charge is -2.34. The van der Waals surface area contributed by atoms with Crippen LogP contribution in [0.5, 0.6) is 0 Å². The summed E-state index contributed by atoms with van der Waals surface area (Å²) in [6, 6.07) is 1.49. The predicted molar refractivity (Wildman–Crippen MR) is 82.9 cm³/mol. The highest BCUT2D eigenvalue weighted by molar-refractivity contribution is 8.20. The Morgan fingerprint density at radius 1 is 1.19 bits per heavy atom. The van der Waals surface area contributed by atoms with Gasteiger partial charge in [0.2, 0.25) is 0 Å². The summed E-state index contributed by atoms with van der Waals surface area (Å²) < 4.78 is 0.953. The van der Waals surface area contributed by atoms with E-state index in [1.54, 1.807) is 0 Å². The summed E-state index contributed by atoms with van der Waals surface area (Å²) in [6.45, 7) is 5.15. The average Bonchev–Trinajstić information content (AvgIpc) is 2.30. The van der Waals surface area contributed by atoms with E-state index in [-0.39, 0.29) is 0 Å². The largest absolute Gasteiger partial charge is 0.151 e. The highest BCUT2D eigenvalue weighted by Crippen LogP contribution is 2.39. The van der Waals surface area contributed by atoms with Gasteiger partial charge in [-0.2, -0.15) is 23.5 Å². The molecule has 0 aromatic heterocycles. The first kappa shape index (κ1) is 14.5. The van der Waals surface area contributed by atoms with E-state index in [9.17, 15) is 0 Å². The van der Waals surface area contributed by atoms with E-state index in [0.717, 1.165) is 10.6 Å². The maximum Gasteiger partial charge on any atom is 0.0743 e. The van der Waals surface area contributed by atoms with Crippen molar-refractivity contribution in [2.24, 2.45) is 0 Å². The zero-order valence-electron chi connectivity index (χ0n) is 10.6. The highest BCUT2D eigenvalue weighted by Gasteiger charge is 2.33. The van der Waals surface area contributed by atoms with Crippen molar-refractivity contribution in [3.05, 3.63) is 0 Å². The number of hydrogen-bond acceptors (Lipinski definition) is 2. The van der Waals surface area contributed by atoms with Gasteiger partial charge in [-0.1, -0.05) is 32.0 Å². The minimum absolute atomic E-state index is 0.953. The smallest absolute Gasteiger partial charge is 0.0743 e. The molecule has 1 heterocycles. The summed E-state index contributed by atoms with van der Waals surface area (Å²) in [6.07, 6.45) is 11.6. The predicted octanol–water partition coefficient (Wildman–Crippen LogP) is 4.62. The standard InChI is InChI=1S/C13H24S2Si/c1-4-5-6-7-8-12-16(2,3)13-14-10-9-11-15-13/h1,13H,5-12H2,2-3H3. The fraction of sp³-hybridized carbons (Fsp3) is 0.846. The van der Waals surface area contributed by atoms with E-state index in [4.69, 9.17) is 6.42 Å². The molecule has 0 amide bonds. The van der Waals surface area contributed by atoms with Gasteiger partial charge in [0.25, 0.3) is 0 Å². The number of terminal acetylenes is 1.